The maximum atomic E-state index is 8.89. The number of fused-ring (bicyclic) bond motifs is 4. The molecule has 0 bridgehead atoms. The van der Waals surface area contributed by atoms with Gasteiger partial charge in [0.25, 0.3) is 0 Å². The van der Waals surface area contributed by atoms with Crippen LogP contribution in [0.1, 0.15) is 55.4 Å². The summed E-state index contributed by atoms with van der Waals surface area (Å²) < 4.78 is 26.5. The molecule has 10 aromatic rings. The number of imidazole rings is 1. The predicted octanol–water partition coefficient (Wildman–Crippen LogP) is 15.7. The van der Waals surface area contributed by atoms with E-state index in [1.807, 2.05) is 69.4 Å². The molecule has 3 aromatic heterocycles. The summed E-state index contributed by atoms with van der Waals surface area (Å²) in [6.45, 7) is 19.2. The molecule has 0 atom stereocenters. The van der Waals surface area contributed by atoms with Crippen LogP contribution in [-0.4, -0.2) is 22.6 Å². The summed E-state index contributed by atoms with van der Waals surface area (Å²) in [7, 11) is -1.74. The fourth-order valence-electron chi connectivity index (χ4n) is 8.47. The van der Waals surface area contributed by atoms with E-state index in [9.17, 15) is 0 Å². The van der Waals surface area contributed by atoms with Gasteiger partial charge in [0, 0.05) is 45.7 Å². The number of nitrogens with zero attached hydrogens (tertiary/aromatic N) is 3. The second kappa shape index (κ2) is 18.6. The normalized spacial score (nSPS) is 12.6. The van der Waals surface area contributed by atoms with Gasteiger partial charge >= 0.3 is 0 Å². The molecule has 4 nitrogen and oxygen atoms in total. The maximum absolute atomic E-state index is 8.89. The molecule has 0 saturated heterocycles. The first kappa shape index (κ1) is 43.7. The molecule has 6 heteroatoms. The van der Waals surface area contributed by atoms with Crippen LogP contribution in [0.2, 0.25) is 19.6 Å². The molecule has 0 unspecified atom stereocenters. The molecule has 333 valence electrons. The van der Waals surface area contributed by atoms with Crippen LogP contribution >= 0.6 is 0 Å². The number of rotatable bonds is 7. The number of benzene rings is 7. The van der Waals surface area contributed by atoms with Crippen molar-refractivity contribution in [2.75, 3.05) is 0 Å². The minimum atomic E-state index is -1.74. The van der Waals surface area contributed by atoms with E-state index in [0.29, 0.717) is 0 Å². The average Bonchev–Trinajstić information content (AvgIpc) is 3.90. The number of hydrogen-bond acceptors (Lipinski definition) is 3. The third-order valence-corrected chi connectivity index (χ3v) is 13.7. The third-order valence-electron chi connectivity index (χ3n) is 11.7. The van der Waals surface area contributed by atoms with Crippen molar-refractivity contribution >= 4 is 46.2 Å². The Morgan fingerprint density at radius 1 is 0.667 bits per heavy atom. The molecule has 10 rings (SSSR count). The van der Waals surface area contributed by atoms with E-state index >= 15 is 0 Å². The van der Waals surface area contributed by atoms with Gasteiger partial charge in [-0.1, -0.05) is 181 Å². The van der Waals surface area contributed by atoms with E-state index < -0.39 is 19.9 Å². The summed E-state index contributed by atoms with van der Waals surface area (Å²) in [5.74, 6) is 0.801. The monoisotopic (exact) mass is 1060 g/mol. The van der Waals surface area contributed by atoms with Crippen molar-refractivity contribution in [3.63, 3.8) is 0 Å². The molecule has 1 radical (unpaired) electrons. The third kappa shape index (κ3) is 9.69. The Labute approximate surface area is 408 Å². The topological polar surface area (TPSA) is 43.9 Å². The van der Waals surface area contributed by atoms with E-state index in [2.05, 4.69) is 178 Å². The average molecular weight is 1060 g/mol. The number of hydrogen-bond donors (Lipinski definition) is 0. The quantitative estimate of drug-likeness (QED) is 0.118. The summed E-state index contributed by atoms with van der Waals surface area (Å²) in [5.41, 5.74) is 13.4. The standard InChI is InChI=1S/C37H23N2O.C23H34NSi.Ir/c1-3-12-25(13-4-1)27-22-23-33(31(24-27)26-14-5-2-6-15-26)39-34-20-9-8-19-32(34)38-37(39)30-18-11-17-29-28-16-7-10-21-35(28)40-36(29)30;1-22(2,3)15-18-14-20(24-16-21(18)25(7,8)9)17-11-10-12-19(13-17)23(4,5)6;/h1-17,19-24H;10,12-14,16H,15H2,1-9H3;/q2*-1;/i;15D2;. The molecular formula is C60H57IrN3OSi-2. The van der Waals surface area contributed by atoms with Gasteiger partial charge < -0.3 is 14.0 Å². The molecule has 0 N–H and O–H groups in total. The van der Waals surface area contributed by atoms with E-state index in [4.69, 9.17) is 17.1 Å². The summed E-state index contributed by atoms with van der Waals surface area (Å²) >= 11 is 0. The number of furan rings is 1. The van der Waals surface area contributed by atoms with Gasteiger partial charge in [-0.25, -0.2) is 0 Å². The van der Waals surface area contributed by atoms with Crippen LogP contribution < -0.4 is 5.19 Å². The second-order valence-electron chi connectivity index (χ2n) is 19.9. The molecule has 0 aliphatic rings. The Morgan fingerprint density at radius 3 is 2.05 bits per heavy atom. The van der Waals surface area contributed by atoms with Crippen LogP contribution in [0.3, 0.4) is 0 Å². The fraction of sp³-hybridized carbons (Fsp3) is 0.200. The zero-order chi connectivity index (χ0) is 47.3. The molecule has 0 aliphatic heterocycles. The Balaban J connectivity index is 0.000000197. The molecular weight excluding hydrogens is 999 g/mol. The van der Waals surface area contributed by atoms with Gasteiger partial charge in [-0.15, -0.1) is 53.6 Å². The molecule has 0 saturated carbocycles. The van der Waals surface area contributed by atoms with Crippen LogP contribution in [0.5, 0.6) is 0 Å². The summed E-state index contributed by atoms with van der Waals surface area (Å²) in [5, 5.41) is 3.25. The van der Waals surface area contributed by atoms with Crippen molar-refractivity contribution in [1.82, 2.24) is 14.5 Å². The minimum absolute atomic E-state index is 0. The first-order chi connectivity index (χ1) is 31.9. The van der Waals surface area contributed by atoms with Crippen LogP contribution in [0.4, 0.5) is 0 Å². The Morgan fingerprint density at radius 2 is 1.33 bits per heavy atom. The van der Waals surface area contributed by atoms with Gasteiger partial charge in [-0.2, -0.15) is 0 Å². The van der Waals surface area contributed by atoms with Crippen molar-refractivity contribution in [3.8, 4) is 50.6 Å². The van der Waals surface area contributed by atoms with Crippen molar-refractivity contribution in [2.24, 2.45) is 5.41 Å². The van der Waals surface area contributed by atoms with Crippen molar-refractivity contribution < 1.29 is 27.3 Å². The van der Waals surface area contributed by atoms with Crippen molar-refractivity contribution in [3.05, 3.63) is 193 Å². The molecule has 0 fully saturated rings. The summed E-state index contributed by atoms with van der Waals surface area (Å²) in [4.78, 5) is 9.90. The first-order valence-electron chi connectivity index (χ1n) is 23.5. The number of pyridine rings is 1. The van der Waals surface area contributed by atoms with Crippen molar-refractivity contribution in [1.29, 1.82) is 0 Å². The molecule has 3 heterocycles. The smallest absolute Gasteiger partial charge is 0.120 e. The second-order valence-corrected chi connectivity index (χ2v) is 24.9. The van der Waals surface area contributed by atoms with E-state index in [1.165, 1.54) is 16.7 Å². The maximum Gasteiger partial charge on any atom is 0.120 e. The first-order valence-corrected chi connectivity index (χ1v) is 26.0. The van der Waals surface area contributed by atoms with Gasteiger partial charge in [0.05, 0.1) is 30.5 Å². The van der Waals surface area contributed by atoms with Crippen LogP contribution in [-0.2, 0) is 31.9 Å². The largest absolute Gasteiger partial charge is 0.501 e. The number of aromatic nitrogens is 3. The van der Waals surface area contributed by atoms with Gasteiger partial charge in [0.15, 0.2) is 0 Å². The van der Waals surface area contributed by atoms with E-state index in [1.54, 1.807) is 0 Å². The van der Waals surface area contributed by atoms with E-state index in [-0.39, 0.29) is 25.5 Å². The number of para-hydroxylation sites is 3. The Hall–Kier alpha value is -6.17. The van der Waals surface area contributed by atoms with Crippen LogP contribution in [0.15, 0.2) is 174 Å². The Kier molecular flexibility index (Phi) is 12.3. The van der Waals surface area contributed by atoms with Gasteiger partial charge in [-0.05, 0) is 75.1 Å². The summed E-state index contributed by atoms with van der Waals surface area (Å²) in [6, 6.07) is 63.2. The Bertz CT molecular complexity index is 3390. The SMILES string of the molecule is [2H]C([2H])(c1cc(-c2[c-]ccc(C(C)(C)C)c2)ncc1[Si](C)(C)C)C(C)(C)C.[Ir].[c-]1ccc2c(oc3ccccc32)c1-c1nc2ccccc2n1-c1ccc(-c2ccccc2)cc1-c1ccccc1. The molecule has 0 spiro atoms. The molecule has 0 aliphatic carbocycles. The molecule has 7 aromatic carbocycles. The minimum Gasteiger partial charge on any atom is -0.501 e. The van der Waals surface area contributed by atoms with Crippen molar-refractivity contribution in [2.45, 2.75) is 73.0 Å². The predicted molar refractivity (Wildman–Crippen MR) is 277 cm³/mol. The fourth-order valence-corrected chi connectivity index (χ4v) is 9.87. The molecule has 0 amide bonds. The zero-order valence-electron chi connectivity index (χ0n) is 41.2. The van der Waals surface area contributed by atoms with Crippen LogP contribution in [0, 0.1) is 17.5 Å². The molecule has 66 heavy (non-hydrogen) atoms. The summed E-state index contributed by atoms with van der Waals surface area (Å²) in [6.07, 6.45) is 0.472. The van der Waals surface area contributed by atoms with Gasteiger partial charge in [0.2, 0.25) is 0 Å². The van der Waals surface area contributed by atoms with E-state index in [0.717, 1.165) is 83.2 Å². The van der Waals surface area contributed by atoms with Crippen LogP contribution in [0.25, 0.3) is 83.6 Å². The van der Waals surface area contributed by atoms with Gasteiger partial charge in [-0.3, -0.25) is 4.98 Å². The van der Waals surface area contributed by atoms with Gasteiger partial charge in [0.1, 0.15) is 5.58 Å². The zero-order valence-corrected chi connectivity index (χ0v) is 42.6.